The van der Waals surface area contributed by atoms with E-state index in [1.54, 1.807) is 25.1 Å². The average molecular weight is 399 g/mol. The van der Waals surface area contributed by atoms with Crippen LogP contribution in [0.2, 0.25) is 0 Å². The van der Waals surface area contributed by atoms with Gasteiger partial charge in [-0.05, 0) is 31.5 Å². The third kappa shape index (κ3) is 4.08. The van der Waals surface area contributed by atoms with E-state index in [9.17, 15) is 14.9 Å². The van der Waals surface area contributed by atoms with Crippen molar-refractivity contribution in [2.24, 2.45) is 0 Å². The van der Waals surface area contributed by atoms with Crippen molar-refractivity contribution < 1.29 is 14.5 Å². The molecule has 2 rings (SSSR count). The molecule has 23 heavy (non-hydrogen) atoms. The molecule has 0 radical (unpaired) electrons. The van der Waals surface area contributed by atoms with Gasteiger partial charge in [-0.1, -0.05) is 22.9 Å². The number of nitro benzene ring substituents is 1. The predicted octanol–water partition coefficient (Wildman–Crippen LogP) is 4.90. The Labute approximate surface area is 145 Å². The van der Waals surface area contributed by atoms with E-state index >= 15 is 0 Å². The Morgan fingerprint density at radius 3 is 2.74 bits per heavy atom. The van der Waals surface area contributed by atoms with E-state index < -0.39 is 10.9 Å². The van der Waals surface area contributed by atoms with E-state index in [2.05, 4.69) is 21.2 Å². The van der Waals surface area contributed by atoms with Crippen LogP contribution in [0.1, 0.15) is 29.1 Å². The number of aryl methyl sites for hydroxylation is 1. The van der Waals surface area contributed by atoms with E-state index in [-0.39, 0.29) is 12.3 Å². The third-order valence-corrected chi connectivity index (χ3v) is 4.72. The highest BCUT2D eigenvalue weighted by atomic mass is 79.9. The Morgan fingerprint density at radius 1 is 1.39 bits per heavy atom. The van der Waals surface area contributed by atoms with Crippen molar-refractivity contribution in [3.05, 3.63) is 49.3 Å². The summed E-state index contributed by atoms with van der Waals surface area (Å²) in [7, 11) is 0. The van der Waals surface area contributed by atoms with E-state index in [4.69, 9.17) is 4.74 Å². The predicted molar refractivity (Wildman–Crippen MR) is 93.7 cm³/mol. The van der Waals surface area contributed by atoms with Gasteiger partial charge in [0.1, 0.15) is 10.7 Å². The van der Waals surface area contributed by atoms with Gasteiger partial charge in [-0.15, -0.1) is 11.3 Å². The number of nitrogens with zero attached hydrogens (tertiary/aromatic N) is 1. The average Bonchev–Trinajstić information content (AvgIpc) is 2.92. The Balaban J connectivity index is 2.42. The number of carbonyl (C=O) groups excluding carboxylic acids is 1. The number of thiophene rings is 1. The van der Waals surface area contributed by atoms with Crippen molar-refractivity contribution in [3.8, 4) is 0 Å². The van der Waals surface area contributed by atoms with Gasteiger partial charge in [-0.25, -0.2) is 4.79 Å². The molecule has 0 saturated carbocycles. The summed E-state index contributed by atoms with van der Waals surface area (Å²) in [4.78, 5) is 23.8. The molecule has 8 heteroatoms. The van der Waals surface area contributed by atoms with Crippen molar-refractivity contribution in [1.29, 1.82) is 0 Å². The molecule has 0 bridgehead atoms. The molecule has 1 aromatic carbocycles. The Bertz CT molecular complexity index is 745. The second-order valence-electron chi connectivity index (χ2n) is 4.57. The van der Waals surface area contributed by atoms with Gasteiger partial charge in [0.05, 0.1) is 17.1 Å². The molecule has 0 spiro atoms. The number of carbonyl (C=O) groups is 1. The number of hydrogen-bond donors (Lipinski definition) is 1. The second-order valence-corrected chi connectivity index (χ2v) is 6.63. The number of halogens is 1. The van der Waals surface area contributed by atoms with Crippen LogP contribution in [-0.2, 0) is 11.2 Å². The van der Waals surface area contributed by atoms with E-state index in [0.717, 1.165) is 11.3 Å². The molecule has 0 fully saturated rings. The minimum absolute atomic E-state index is 0.0689. The van der Waals surface area contributed by atoms with Crippen molar-refractivity contribution in [1.82, 2.24) is 0 Å². The first kappa shape index (κ1) is 17.4. The third-order valence-electron chi connectivity index (χ3n) is 3.03. The number of nitro groups is 1. The fourth-order valence-corrected chi connectivity index (χ4v) is 3.30. The van der Waals surface area contributed by atoms with Crippen LogP contribution in [0.5, 0.6) is 0 Å². The highest BCUT2D eigenvalue weighted by Crippen LogP contribution is 2.36. The lowest BCUT2D eigenvalue weighted by Crippen LogP contribution is -2.06. The fourth-order valence-electron chi connectivity index (χ4n) is 1.95. The molecule has 1 N–H and O–H groups in total. The van der Waals surface area contributed by atoms with Crippen LogP contribution in [0.15, 0.2) is 28.7 Å². The Hall–Kier alpha value is -1.93. The maximum atomic E-state index is 12.1. The summed E-state index contributed by atoms with van der Waals surface area (Å²) in [5.74, 6) is -0.439. The first-order chi connectivity index (χ1) is 11.0. The van der Waals surface area contributed by atoms with Gasteiger partial charge in [-0.3, -0.25) is 10.1 Å². The van der Waals surface area contributed by atoms with Gasteiger partial charge in [-0.2, -0.15) is 0 Å². The molecule has 0 atom stereocenters. The molecule has 1 aromatic heterocycles. The molecule has 122 valence electrons. The number of hydrogen-bond acceptors (Lipinski definition) is 6. The minimum atomic E-state index is -0.467. The van der Waals surface area contributed by atoms with Crippen molar-refractivity contribution in [2.75, 3.05) is 11.9 Å². The van der Waals surface area contributed by atoms with Crippen molar-refractivity contribution >= 4 is 49.6 Å². The van der Waals surface area contributed by atoms with Crippen LogP contribution in [0.25, 0.3) is 0 Å². The molecule has 6 nitrogen and oxygen atoms in total. The molecule has 0 amide bonds. The van der Waals surface area contributed by atoms with Crippen LogP contribution < -0.4 is 5.32 Å². The van der Waals surface area contributed by atoms with Gasteiger partial charge in [0.15, 0.2) is 0 Å². The Kier molecular flexibility index (Phi) is 5.73. The summed E-state index contributed by atoms with van der Waals surface area (Å²) in [6.07, 6.45) is 0.765. The van der Waals surface area contributed by atoms with E-state index in [1.807, 2.05) is 6.92 Å². The molecule has 0 aliphatic rings. The first-order valence-electron chi connectivity index (χ1n) is 6.97. The Morgan fingerprint density at radius 2 is 2.13 bits per heavy atom. The van der Waals surface area contributed by atoms with E-state index in [1.165, 1.54) is 17.4 Å². The molecular weight excluding hydrogens is 384 g/mol. The topological polar surface area (TPSA) is 81.5 Å². The number of anilines is 2. The summed E-state index contributed by atoms with van der Waals surface area (Å²) in [5.41, 5.74) is 0.653. The molecule has 0 aliphatic heterocycles. The van der Waals surface area contributed by atoms with Crippen LogP contribution >= 0.6 is 27.3 Å². The smallest absolute Gasteiger partial charge is 0.341 e. The SMILES string of the molecule is CCOC(=O)c1cc(CC)sc1Nc1ccc(Br)cc1[N+](=O)[O-]. The van der Waals surface area contributed by atoms with Crippen LogP contribution in [0.3, 0.4) is 0 Å². The van der Waals surface area contributed by atoms with Gasteiger partial charge in [0, 0.05) is 15.4 Å². The van der Waals surface area contributed by atoms with Gasteiger partial charge >= 0.3 is 5.97 Å². The summed E-state index contributed by atoms with van der Waals surface area (Å²) < 4.78 is 5.66. The van der Waals surface area contributed by atoms with Gasteiger partial charge in [0.25, 0.3) is 5.69 Å². The molecule has 2 aromatic rings. The van der Waals surface area contributed by atoms with Gasteiger partial charge in [0.2, 0.25) is 0 Å². The maximum Gasteiger partial charge on any atom is 0.341 e. The lowest BCUT2D eigenvalue weighted by atomic mass is 10.2. The lowest BCUT2D eigenvalue weighted by molar-refractivity contribution is -0.384. The number of benzene rings is 1. The van der Waals surface area contributed by atoms with Gasteiger partial charge < -0.3 is 10.1 Å². The number of esters is 1. The highest BCUT2D eigenvalue weighted by Gasteiger charge is 2.20. The zero-order valence-corrected chi connectivity index (χ0v) is 15.0. The molecule has 0 saturated heterocycles. The van der Waals surface area contributed by atoms with Crippen LogP contribution in [-0.4, -0.2) is 17.5 Å². The van der Waals surface area contributed by atoms with Crippen molar-refractivity contribution in [3.63, 3.8) is 0 Å². The van der Waals surface area contributed by atoms with Crippen LogP contribution in [0, 0.1) is 10.1 Å². The standard InChI is InChI=1S/C15H15BrN2O4S/c1-3-10-8-11(15(19)22-4-2)14(23-10)17-12-6-5-9(16)7-13(12)18(20)21/h5-8,17H,3-4H2,1-2H3. The number of rotatable bonds is 6. The molecule has 0 aliphatic carbocycles. The molecule has 0 unspecified atom stereocenters. The summed E-state index contributed by atoms with van der Waals surface area (Å²) in [6, 6.07) is 6.48. The second kappa shape index (κ2) is 7.56. The highest BCUT2D eigenvalue weighted by molar-refractivity contribution is 9.10. The van der Waals surface area contributed by atoms with Crippen molar-refractivity contribution in [2.45, 2.75) is 20.3 Å². The number of ether oxygens (including phenoxy) is 1. The van der Waals surface area contributed by atoms with E-state index in [0.29, 0.717) is 20.7 Å². The largest absolute Gasteiger partial charge is 0.462 e. The zero-order chi connectivity index (χ0) is 17.0. The summed E-state index contributed by atoms with van der Waals surface area (Å²) in [5, 5.41) is 14.7. The summed E-state index contributed by atoms with van der Waals surface area (Å²) in [6.45, 7) is 3.98. The monoisotopic (exact) mass is 398 g/mol. The zero-order valence-electron chi connectivity index (χ0n) is 12.6. The molecular formula is C15H15BrN2O4S. The quantitative estimate of drug-likeness (QED) is 0.424. The fraction of sp³-hybridized carbons (Fsp3) is 0.267. The maximum absolute atomic E-state index is 12.1. The first-order valence-corrected chi connectivity index (χ1v) is 8.58. The van der Waals surface area contributed by atoms with Crippen LogP contribution in [0.4, 0.5) is 16.4 Å². The summed E-state index contributed by atoms with van der Waals surface area (Å²) >= 11 is 4.61. The molecule has 1 heterocycles. The lowest BCUT2D eigenvalue weighted by Gasteiger charge is -2.08. The normalized spacial score (nSPS) is 10.4. The number of nitrogens with one attached hydrogen (secondary N) is 1. The minimum Gasteiger partial charge on any atom is -0.462 e.